The molecule has 1 heterocycles. The van der Waals surface area contributed by atoms with E-state index in [1.165, 1.54) is 12.1 Å². The van der Waals surface area contributed by atoms with Crippen molar-refractivity contribution in [1.29, 1.82) is 0 Å². The summed E-state index contributed by atoms with van der Waals surface area (Å²) < 4.78 is 36.0. The third-order valence-electron chi connectivity index (χ3n) is 4.35. The average molecular weight is 378 g/mol. The van der Waals surface area contributed by atoms with E-state index < -0.39 is 10.1 Å². The minimum absolute atomic E-state index is 0.132. The van der Waals surface area contributed by atoms with Crippen LogP contribution in [-0.4, -0.2) is 8.42 Å². The van der Waals surface area contributed by atoms with Crippen molar-refractivity contribution in [3.63, 3.8) is 0 Å². The van der Waals surface area contributed by atoms with Crippen LogP contribution in [0.25, 0.3) is 6.08 Å². The van der Waals surface area contributed by atoms with E-state index in [1.807, 2.05) is 55.5 Å². The summed E-state index contributed by atoms with van der Waals surface area (Å²) >= 11 is 0. The molecule has 0 bridgehead atoms. The Balaban J connectivity index is 1.51. The van der Waals surface area contributed by atoms with Crippen molar-refractivity contribution in [2.75, 3.05) is 0 Å². The summed E-state index contributed by atoms with van der Waals surface area (Å²) in [6.07, 6.45) is 3.78. The molecular formula is C22H18O4S. The van der Waals surface area contributed by atoms with Crippen molar-refractivity contribution in [3.05, 3.63) is 95.6 Å². The predicted octanol–water partition coefficient (Wildman–Crippen LogP) is 4.91. The van der Waals surface area contributed by atoms with E-state index in [9.17, 15) is 8.42 Å². The highest BCUT2D eigenvalue weighted by molar-refractivity contribution is 7.87. The largest absolute Gasteiger partial charge is 0.481 e. The summed E-state index contributed by atoms with van der Waals surface area (Å²) in [5, 5.41) is 0. The van der Waals surface area contributed by atoms with Crippen LogP contribution < -0.4 is 8.92 Å². The Bertz CT molecular complexity index is 1080. The standard InChI is InChI=1S/C22H18O4S/c1-16-6-13-20(14-7-16)27(23,24)26-19-11-8-18(9-12-19)22-15-10-17-4-2-3-5-21(17)25-22/h2-15,22H,1H3/t22-/m0/s1. The summed E-state index contributed by atoms with van der Waals surface area (Å²) in [7, 11) is -3.85. The Hall–Kier alpha value is -3.05. The maximum absolute atomic E-state index is 12.4. The highest BCUT2D eigenvalue weighted by Gasteiger charge is 2.18. The molecule has 27 heavy (non-hydrogen) atoms. The van der Waals surface area contributed by atoms with Gasteiger partial charge in [-0.05, 0) is 48.9 Å². The molecule has 3 aromatic carbocycles. The molecule has 0 saturated carbocycles. The SMILES string of the molecule is Cc1ccc(S(=O)(=O)Oc2ccc([C@@H]3C=Cc4ccccc4O3)cc2)cc1. The molecule has 1 aliphatic heterocycles. The number of benzene rings is 3. The molecule has 3 aromatic rings. The predicted molar refractivity (Wildman–Crippen MR) is 104 cm³/mol. The average Bonchev–Trinajstić information content (AvgIpc) is 2.68. The van der Waals surface area contributed by atoms with Gasteiger partial charge in [-0.15, -0.1) is 0 Å². The van der Waals surface area contributed by atoms with Crippen molar-refractivity contribution in [3.8, 4) is 11.5 Å². The van der Waals surface area contributed by atoms with Gasteiger partial charge in [-0.25, -0.2) is 0 Å². The van der Waals surface area contributed by atoms with Crippen molar-refractivity contribution < 1.29 is 17.3 Å². The van der Waals surface area contributed by atoms with Gasteiger partial charge in [0.15, 0.2) is 0 Å². The number of ether oxygens (including phenoxy) is 1. The molecule has 5 heteroatoms. The summed E-state index contributed by atoms with van der Waals surface area (Å²) in [5.74, 6) is 1.09. The van der Waals surface area contributed by atoms with Gasteiger partial charge in [0, 0.05) is 5.56 Å². The van der Waals surface area contributed by atoms with Crippen LogP contribution in [-0.2, 0) is 10.1 Å². The van der Waals surface area contributed by atoms with Gasteiger partial charge >= 0.3 is 10.1 Å². The number of aryl methyl sites for hydroxylation is 1. The van der Waals surface area contributed by atoms with Gasteiger partial charge in [0.1, 0.15) is 22.5 Å². The second-order valence-electron chi connectivity index (χ2n) is 6.35. The van der Waals surface area contributed by atoms with E-state index in [4.69, 9.17) is 8.92 Å². The highest BCUT2D eigenvalue weighted by atomic mass is 32.2. The molecule has 0 fully saturated rings. The lowest BCUT2D eigenvalue weighted by molar-refractivity contribution is 0.251. The fraction of sp³-hybridized carbons (Fsp3) is 0.0909. The van der Waals surface area contributed by atoms with Crippen LogP contribution in [0.4, 0.5) is 0 Å². The van der Waals surface area contributed by atoms with Crippen LogP contribution in [0.5, 0.6) is 11.5 Å². The van der Waals surface area contributed by atoms with Gasteiger partial charge < -0.3 is 8.92 Å². The molecule has 4 nitrogen and oxygen atoms in total. The second-order valence-corrected chi connectivity index (χ2v) is 7.90. The van der Waals surface area contributed by atoms with Crippen LogP contribution in [0.15, 0.2) is 83.8 Å². The van der Waals surface area contributed by atoms with Crippen molar-refractivity contribution in [2.24, 2.45) is 0 Å². The lowest BCUT2D eigenvalue weighted by Crippen LogP contribution is -2.11. The van der Waals surface area contributed by atoms with Gasteiger partial charge in [-0.2, -0.15) is 8.42 Å². The number of rotatable bonds is 4. The molecule has 0 saturated heterocycles. The van der Waals surface area contributed by atoms with Crippen LogP contribution in [0.2, 0.25) is 0 Å². The third-order valence-corrected chi connectivity index (χ3v) is 5.61. The van der Waals surface area contributed by atoms with E-state index in [0.717, 1.165) is 22.4 Å². The molecule has 1 atom stereocenters. The van der Waals surface area contributed by atoms with Gasteiger partial charge in [-0.3, -0.25) is 0 Å². The van der Waals surface area contributed by atoms with Crippen LogP contribution in [0.3, 0.4) is 0 Å². The fourth-order valence-electron chi connectivity index (χ4n) is 2.86. The molecule has 0 unspecified atom stereocenters. The molecule has 1 aliphatic rings. The van der Waals surface area contributed by atoms with Crippen LogP contribution in [0.1, 0.15) is 22.8 Å². The molecule has 0 N–H and O–H groups in total. The molecule has 0 aliphatic carbocycles. The first kappa shape index (κ1) is 17.4. The van der Waals surface area contributed by atoms with Gasteiger partial charge in [0.2, 0.25) is 0 Å². The van der Waals surface area contributed by atoms with Gasteiger partial charge in [0.05, 0.1) is 0 Å². The molecule has 0 aromatic heterocycles. The minimum Gasteiger partial charge on any atom is -0.481 e. The smallest absolute Gasteiger partial charge is 0.339 e. The molecule has 136 valence electrons. The van der Waals surface area contributed by atoms with Crippen molar-refractivity contribution >= 4 is 16.2 Å². The van der Waals surface area contributed by atoms with E-state index in [-0.39, 0.29) is 16.7 Å². The molecule has 0 amide bonds. The normalized spacial score (nSPS) is 15.7. The molecular weight excluding hydrogens is 360 g/mol. The van der Waals surface area contributed by atoms with Crippen molar-refractivity contribution in [2.45, 2.75) is 17.9 Å². The zero-order valence-corrected chi connectivity index (χ0v) is 15.5. The van der Waals surface area contributed by atoms with Crippen LogP contribution >= 0.6 is 0 Å². The Morgan fingerprint density at radius 2 is 1.59 bits per heavy atom. The number of fused-ring (bicyclic) bond motifs is 1. The lowest BCUT2D eigenvalue weighted by atomic mass is 10.0. The first-order valence-electron chi connectivity index (χ1n) is 8.56. The first-order chi connectivity index (χ1) is 13.0. The minimum atomic E-state index is -3.85. The monoisotopic (exact) mass is 378 g/mol. The number of para-hydroxylation sites is 1. The van der Waals surface area contributed by atoms with E-state index in [2.05, 4.69) is 0 Å². The number of hydrogen-bond acceptors (Lipinski definition) is 4. The summed E-state index contributed by atoms with van der Waals surface area (Å²) in [6, 6.07) is 21.3. The van der Waals surface area contributed by atoms with Gasteiger partial charge in [-0.1, -0.05) is 54.1 Å². The Labute approximate surface area is 158 Å². The maximum atomic E-state index is 12.4. The Morgan fingerprint density at radius 3 is 2.33 bits per heavy atom. The second kappa shape index (κ2) is 6.93. The Morgan fingerprint density at radius 1 is 0.889 bits per heavy atom. The zero-order chi connectivity index (χ0) is 18.9. The molecule has 4 rings (SSSR count). The van der Waals surface area contributed by atoms with Gasteiger partial charge in [0.25, 0.3) is 0 Å². The first-order valence-corrected chi connectivity index (χ1v) is 9.97. The molecule has 0 spiro atoms. The molecule has 0 radical (unpaired) electrons. The summed E-state index contributed by atoms with van der Waals surface area (Å²) in [5.41, 5.74) is 2.94. The maximum Gasteiger partial charge on any atom is 0.339 e. The van der Waals surface area contributed by atoms with Crippen molar-refractivity contribution in [1.82, 2.24) is 0 Å². The zero-order valence-electron chi connectivity index (χ0n) is 14.7. The summed E-state index contributed by atoms with van der Waals surface area (Å²) in [4.78, 5) is 0.132. The summed E-state index contributed by atoms with van der Waals surface area (Å²) in [6.45, 7) is 1.90. The van der Waals surface area contributed by atoms with E-state index >= 15 is 0 Å². The highest BCUT2D eigenvalue weighted by Crippen LogP contribution is 2.33. The van der Waals surface area contributed by atoms with E-state index in [0.29, 0.717) is 0 Å². The van der Waals surface area contributed by atoms with E-state index in [1.54, 1.807) is 24.3 Å². The lowest BCUT2D eigenvalue weighted by Gasteiger charge is -2.21. The topological polar surface area (TPSA) is 52.6 Å². The number of hydrogen-bond donors (Lipinski definition) is 0. The Kier molecular flexibility index (Phi) is 4.46. The third kappa shape index (κ3) is 3.73. The van der Waals surface area contributed by atoms with Crippen LogP contribution in [0, 0.1) is 6.92 Å². The fourth-order valence-corrected chi connectivity index (χ4v) is 3.79. The quantitative estimate of drug-likeness (QED) is 0.605.